The summed E-state index contributed by atoms with van der Waals surface area (Å²) in [7, 11) is 0. The van der Waals surface area contributed by atoms with Crippen LogP contribution in [-0.2, 0) is 0 Å². The van der Waals surface area contributed by atoms with Gasteiger partial charge in [-0.1, -0.05) is 42.5 Å². The van der Waals surface area contributed by atoms with Gasteiger partial charge in [0.2, 0.25) is 0 Å². The van der Waals surface area contributed by atoms with Gasteiger partial charge in [0.05, 0.1) is 0 Å². The minimum atomic E-state index is -0.582. The molecule has 2 aromatic carbocycles. The number of hydrogen-bond donors (Lipinski definition) is 1. The van der Waals surface area contributed by atoms with E-state index in [-0.39, 0.29) is 11.5 Å². The Hall–Kier alpha value is -3.14. The van der Waals surface area contributed by atoms with Gasteiger partial charge in [0.1, 0.15) is 11.3 Å². The second kappa shape index (κ2) is 6.32. The molecule has 0 amide bonds. The fraction of sp³-hybridized carbons (Fsp3) is 0.0526. The summed E-state index contributed by atoms with van der Waals surface area (Å²) in [6, 6.07) is 14.9. The molecule has 0 unspecified atom stereocenters. The van der Waals surface area contributed by atoms with E-state index in [0.717, 1.165) is 11.1 Å². The molecule has 1 heterocycles. The molecule has 0 aliphatic carbocycles. The third-order valence-electron chi connectivity index (χ3n) is 3.30. The van der Waals surface area contributed by atoms with Gasteiger partial charge in [0, 0.05) is 6.08 Å². The fourth-order valence-electron chi connectivity index (χ4n) is 2.15. The van der Waals surface area contributed by atoms with Crippen molar-refractivity contribution in [3.63, 3.8) is 0 Å². The van der Waals surface area contributed by atoms with E-state index in [2.05, 4.69) is 4.98 Å². The predicted octanol–water partition coefficient (Wildman–Crippen LogP) is 4.11. The Labute approximate surface area is 133 Å². The highest BCUT2D eigenvalue weighted by molar-refractivity contribution is 5.73. The molecule has 1 N–H and O–H groups in total. The first kappa shape index (κ1) is 14.8. The van der Waals surface area contributed by atoms with E-state index in [0.29, 0.717) is 11.1 Å². The molecule has 4 nitrogen and oxygen atoms in total. The summed E-state index contributed by atoms with van der Waals surface area (Å²) in [5.41, 5.74) is 2.45. The zero-order chi connectivity index (χ0) is 16.2. The maximum atomic E-state index is 11.9. The molecule has 114 valence electrons. The van der Waals surface area contributed by atoms with E-state index in [1.807, 2.05) is 49.4 Å². The Kier molecular flexibility index (Phi) is 4.06. The van der Waals surface area contributed by atoms with Gasteiger partial charge in [-0.15, -0.1) is 0 Å². The number of aryl methyl sites for hydroxylation is 1. The minimum absolute atomic E-state index is 0.0679. The molecular weight excluding hydrogens is 290 g/mol. The van der Waals surface area contributed by atoms with Crippen LogP contribution in [0.4, 0.5) is 0 Å². The molecule has 0 spiro atoms. The van der Waals surface area contributed by atoms with Crippen LogP contribution in [0.3, 0.4) is 0 Å². The molecule has 0 aliphatic rings. The molecule has 0 saturated heterocycles. The van der Waals surface area contributed by atoms with E-state index in [9.17, 15) is 9.90 Å². The van der Waals surface area contributed by atoms with Crippen molar-refractivity contribution in [3.8, 4) is 0 Å². The van der Waals surface area contributed by atoms with Crippen LogP contribution >= 0.6 is 0 Å². The van der Waals surface area contributed by atoms with Crippen LogP contribution in [0.1, 0.15) is 16.8 Å². The summed E-state index contributed by atoms with van der Waals surface area (Å²) >= 11 is 0. The SMILES string of the molecule is Cc1ccc2oc(=O)c(/C=C(\O)C=Cc3ccccc3)nc2c1. The summed E-state index contributed by atoms with van der Waals surface area (Å²) in [6.07, 6.45) is 4.56. The van der Waals surface area contributed by atoms with Crippen molar-refractivity contribution in [3.05, 3.63) is 87.6 Å². The maximum absolute atomic E-state index is 11.9. The first-order valence-corrected chi connectivity index (χ1v) is 7.17. The summed E-state index contributed by atoms with van der Waals surface area (Å²) in [6.45, 7) is 1.93. The Morgan fingerprint density at radius 2 is 1.96 bits per heavy atom. The fourth-order valence-corrected chi connectivity index (χ4v) is 2.15. The number of hydrogen-bond acceptors (Lipinski definition) is 4. The molecule has 0 fully saturated rings. The lowest BCUT2D eigenvalue weighted by molar-refractivity contribution is 0.437. The summed E-state index contributed by atoms with van der Waals surface area (Å²) < 4.78 is 5.21. The summed E-state index contributed by atoms with van der Waals surface area (Å²) in [4.78, 5) is 16.2. The lowest BCUT2D eigenvalue weighted by atomic mass is 10.2. The van der Waals surface area contributed by atoms with E-state index in [4.69, 9.17) is 4.42 Å². The van der Waals surface area contributed by atoms with Gasteiger partial charge >= 0.3 is 5.63 Å². The highest BCUT2D eigenvalue weighted by atomic mass is 16.4. The number of aliphatic hydroxyl groups excluding tert-OH is 1. The molecule has 0 atom stereocenters. The van der Waals surface area contributed by atoms with Gasteiger partial charge in [-0.2, -0.15) is 0 Å². The van der Waals surface area contributed by atoms with E-state index < -0.39 is 5.63 Å². The van der Waals surface area contributed by atoms with E-state index >= 15 is 0 Å². The second-order valence-corrected chi connectivity index (χ2v) is 5.17. The van der Waals surface area contributed by atoms with E-state index in [1.54, 1.807) is 12.1 Å². The van der Waals surface area contributed by atoms with Gasteiger partial charge in [0.25, 0.3) is 0 Å². The number of aromatic nitrogens is 1. The normalized spacial score (nSPS) is 12.1. The van der Waals surface area contributed by atoms with Crippen LogP contribution in [0.2, 0.25) is 0 Å². The van der Waals surface area contributed by atoms with Crippen LogP contribution < -0.4 is 5.63 Å². The molecule has 3 aromatic rings. The van der Waals surface area contributed by atoms with Gasteiger partial charge in [-0.25, -0.2) is 9.78 Å². The maximum Gasteiger partial charge on any atom is 0.362 e. The molecule has 0 saturated carbocycles. The highest BCUT2D eigenvalue weighted by Crippen LogP contribution is 2.13. The van der Waals surface area contributed by atoms with Gasteiger partial charge in [0.15, 0.2) is 11.3 Å². The Morgan fingerprint density at radius 1 is 1.17 bits per heavy atom. The minimum Gasteiger partial charge on any atom is -0.508 e. The van der Waals surface area contributed by atoms with Crippen molar-refractivity contribution in [2.45, 2.75) is 6.92 Å². The zero-order valence-electron chi connectivity index (χ0n) is 12.6. The van der Waals surface area contributed by atoms with Crippen LogP contribution in [-0.4, -0.2) is 10.1 Å². The zero-order valence-corrected chi connectivity index (χ0v) is 12.6. The molecule has 0 bridgehead atoms. The smallest absolute Gasteiger partial charge is 0.362 e. The van der Waals surface area contributed by atoms with Crippen LogP contribution in [0.25, 0.3) is 23.3 Å². The van der Waals surface area contributed by atoms with Crippen molar-refractivity contribution >= 4 is 23.3 Å². The number of fused-ring (bicyclic) bond motifs is 1. The van der Waals surface area contributed by atoms with E-state index in [1.165, 1.54) is 12.2 Å². The monoisotopic (exact) mass is 305 g/mol. The predicted molar refractivity (Wildman–Crippen MR) is 91.1 cm³/mol. The van der Waals surface area contributed by atoms with Crippen molar-refractivity contribution in [1.82, 2.24) is 4.98 Å². The number of benzene rings is 2. The number of aliphatic hydroxyl groups is 1. The Morgan fingerprint density at radius 3 is 2.74 bits per heavy atom. The van der Waals surface area contributed by atoms with Crippen LogP contribution in [0, 0.1) is 6.92 Å². The number of rotatable bonds is 3. The largest absolute Gasteiger partial charge is 0.508 e. The van der Waals surface area contributed by atoms with Crippen molar-refractivity contribution in [2.75, 3.05) is 0 Å². The second-order valence-electron chi connectivity index (χ2n) is 5.17. The molecule has 0 aliphatic heterocycles. The lowest BCUT2D eigenvalue weighted by Gasteiger charge is -1.99. The first-order chi connectivity index (χ1) is 11.1. The third kappa shape index (κ3) is 3.55. The Balaban J connectivity index is 1.94. The Bertz CT molecular complexity index is 953. The molecular formula is C19H15NO3. The summed E-state index contributed by atoms with van der Waals surface area (Å²) in [5, 5.41) is 9.97. The van der Waals surface area contributed by atoms with Crippen LogP contribution in [0.15, 0.2) is 69.6 Å². The molecule has 23 heavy (non-hydrogen) atoms. The quantitative estimate of drug-likeness (QED) is 0.584. The average molecular weight is 305 g/mol. The lowest BCUT2D eigenvalue weighted by Crippen LogP contribution is -2.06. The van der Waals surface area contributed by atoms with Crippen molar-refractivity contribution < 1.29 is 9.52 Å². The first-order valence-electron chi connectivity index (χ1n) is 7.17. The molecule has 3 rings (SSSR count). The molecule has 4 heteroatoms. The highest BCUT2D eigenvalue weighted by Gasteiger charge is 2.05. The molecule has 1 aromatic heterocycles. The van der Waals surface area contributed by atoms with Crippen molar-refractivity contribution in [1.29, 1.82) is 0 Å². The van der Waals surface area contributed by atoms with Crippen molar-refractivity contribution in [2.24, 2.45) is 0 Å². The molecule has 0 radical (unpaired) electrons. The number of allylic oxidation sites excluding steroid dienone is 1. The van der Waals surface area contributed by atoms with Gasteiger partial charge < -0.3 is 9.52 Å². The van der Waals surface area contributed by atoms with Crippen LogP contribution in [0.5, 0.6) is 0 Å². The standard InChI is InChI=1S/C19H15NO3/c1-13-7-10-18-16(11-13)20-17(19(22)23-18)12-15(21)9-8-14-5-3-2-4-6-14/h2-12,21H,1H3/b9-8?,15-12-. The average Bonchev–Trinajstić information content (AvgIpc) is 2.55. The summed E-state index contributed by atoms with van der Waals surface area (Å²) in [5.74, 6) is -0.0688. The number of nitrogens with zero attached hydrogens (tertiary/aromatic N) is 1. The van der Waals surface area contributed by atoms with Gasteiger partial charge in [-0.05, 0) is 36.3 Å². The third-order valence-corrected chi connectivity index (χ3v) is 3.30. The topological polar surface area (TPSA) is 63.3 Å². The van der Waals surface area contributed by atoms with Gasteiger partial charge in [-0.3, -0.25) is 0 Å².